The summed E-state index contributed by atoms with van der Waals surface area (Å²) in [7, 11) is 0. The summed E-state index contributed by atoms with van der Waals surface area (Å²) in [6.45, 7) is 5.35. The Bertz CT molecular complexity index is 984. The van der Waals surface area contributed by atoms with E-state index in [1.165, 1.54) is 30.3 Å². The molecule has 0 aromatic heterocycles. The summed E-state index contributed by atoms with van der Waals surface area (Å²) < 4.78 is 41.1. The van der Waals surface area contributed by atoms with Gasteiger partial charge in [-0.2, -0.15) is 13.2 Å². The highest BCUT2D eigenvalue weighted by molar-refractivity contribution is 7.99. The van der Waals surface area contributed by atoms with Gasteiger partial charge in [0.1, 0.15) is 0 Å². The predicted octanol–water partition coefficient (Wildman–Crippen LogP) is 4.96. The molecule has 4 N–H and O–H groups in total. The van der Waals surface area contributed by atoms with Crippen LogP contribution in [0.15, 0.2) is 40.1 Å². The third-order valence-corrected chi connectivity index (χ3v) is 7.59. The Kier molecular flexibility index (Phi) is 5.90. The average Bonchev–Trinajstić information content (AvgIpc) is 2.72. The van der Waals surface area contributed by atoms with E-state index in [4.69, 9.17) is 5.73 Å². The van der Waals surface area contributed by atoms with Crippen molar-refractivity contribution in [3.05, 3.63) is 35.9 Å². The highest BCUT2D eigenvalue weighted by Gasteiger charge is 2.34. The fourth-order valence-electron chi connectivity index (χ4n) is 4.53. The van der Waals surface area contributed by atoms with E-state index in [0.29, 0.717) is 17.1 Å². The van der Waals surface area contributed by atoms with Crippen LogP contribution in [-0.4, -0.2) is 50.2 Å². The lowest BCUT2D eigenvalue weighted by Gasteiger charge is -2.35. The van der Waals surface area contributed by atoms with Crippen LogP contribution in [-0.2, 0) is 6.18 Å². The number of nitrogens with zero attached hydrogens (tertiary/aromatic N) is 2. The van der Waals surface area contributed by atoms with Crippen molar-refractivity contribution in [2.75, 3.05) is 54.8 Å². The van der Waals surface area contributed by atoms with Crippen molar-refractivity contribution < 1.29 is 13.2 Å². The molecule has 2 fully saturated rings. The number of nitrogens with two attached hydrogens (primary N) is 1. The summed E-state index contributed by atoms with van der Waals surface area (Å²) in [5.41, 5.74) is 8.36. The van der Waals surface area contributed by atoms with Crippen molar-refractivity contribution in [2.45, 2.75) is 41.3 Å². The number of fused-ring (bicyclic) bond motifs is 2. The molecule has 0 radical (unpaired) electrons. The molecule has 172 valence electrons. The van der Waals surface area contributed by atoms with Gasteiger partial charge in [-0.15, -0.1) is 0 Å². The monoisotopic (exact) mass is 463 g/mol. The molecule has 0 amide bonds. The maximum atomic E-state index is 13.7. The van der Waals surface area contributed by atoms with Crippen LogP contribution >= 0.6 is 11.8 Å². The molecule has 3 aliphatic rings. The van der Waals surface area contributed by atoms with Gasteiger partial charge in [0.25, 0.3) is 0 Å². The van der Waals surface area contributed by atoms with E-state index >= 15 is 0 Å². The molecule has 2 aromatic carbocycles. The van der Waals surface area contributed by atoms with Gasteiger partial charge < -0.3 is 26.2 Å². The normalized spacial score (nSPS) is 19.1. The predicted molar refractivity (Wildman–Crippen MR) is 124 cm³/mol. The van der Waals surface area contributed by atoms with Gasteiger partial charge in [-0.1, -0.05) is 11.8 Å². The van der Waals surface area contributed by atoms with Crippen LogP contribution in [0.4, 0.5) is 35.9 Å². The molecule has 0 atom stereocenters. The van der Waals surface area contributed by atoms with Crippen molar-refractivity contribution in [2.24, 2.45) is 5.73 Å². The molecule has 0 bridgehead atoms. The summed E-state index contributed by atoms with van der Waals surface area (Å²) >= 11 is 1.41. The van der Waals surface area contributed by atoms with Crippen LogP contribution in [0.2, 0.25) is 0 Å². The summed E-state index contributed by atoms with van der Waals surface area (Å²) in [5, 5.41) is 6.83. The number of likely N-dealkylation sites (tertiary alicyclic amines) is 1. The van der Waals surface area contributed by atoms with Gasteiger partial charge in [-0.25, -0.2) is 0 Å². The van der Waals surface area contributed by atoms with Gasteiger partial charge in [0.2, 0.25) is 0 Å². The van der Waals surface area contributed by atoms with E-state index < -0.39 is 11.7 Å². The Balaban J connectivity index is 1.42. The van der Waals surface area contributed by atoms with Gasteiger partial charge >= 0.3 is 6.18 Å². The molecule has 0 unspecified atom stereocenters. The molecule has 3 heterocycles. The van der Waals surface area contributed by atoms with E-state index in [2.05, 4.69) is 32.6 Å². The third kappa shape index (κ3) is 4.38. The quantitative estimate of drug-likeness (QED) is 0.497. The molecule has 5 nitrogen and oxygen atoms in total. The van der Waals surface area contributed by atoms with E-state index in [1.54, 1.807) is 0 Å². The van der Waals surface area contributed by atoms with Gasteiger partial charge in [-0.05, 0) is 49.6 Å². The zero-order valence-corrected chi connectivity index (χ0v) is 18.7. The molecular weight excluding hydrogens is 435 g/mol. The summed E-state index contributed by atoms with van der Waals surface area (Å²) in [5.74, 6) is 0. The summed E-state index contributed by atoms with van der Waals surface area (Å²) in [4.78, 5) is 6.16. The lowest BCUT2D eigenvalue weighted by atomic mass is 10.0. The van der Waals surface area contributed by atoms with E-state index in [9.17, 15) is 13.2 Å². The number of piperidine rings is 1. The van der Waals surface area contributed by atoms with Gasteiger partial charge in [0, 0.05) is 60.8 Å². The molecule has 2 saturated heterocycles. The smallest absolute Gasteiger partial charge is 0.380 e. The lowest BCUT2D eigenvalue weighted by molar-refractivity contribution is -0.137. The number of rotatable bonds is 5. The number of hydrogen-bond donors (Lipinski definition) is 3. The fourth-order valence-corrected chi connectivity index (χ4v) is 5.62. The minimum absolute atomic E-state index is 0.138. The number of benzene rings is 2. The molecule has 0 aliphatic carbocycles. The van der Waals surface area contributed by atoms with Crippen LogP contribution < -0.4 is 21.3 Å². The van der Waals surface area contributed by atoms with Crippen molar-refractivity contribution in [3.63, 3.8) is 0 Å². The van der Waals surface area contributed by atoms with Crippen LogP contribution in [0.1, 0.15) is 24.8 Å². The minimum atomic E-state index is -4.39. The molecular formula is C23H28F3N5S. The first-order valence-electron chi connectivity index (χ1n) is 11.2. The number of halogens is 3. The lowest BCUT2D eigenvalue weighted by Crippen LogP contribution is -2.41. The molecule has 3 aliphatic heterocycles. The zero-order chi connectivity index (χ0) is 22.3. The third-order valence-electron chi connectivity index (χ3n) is 6.49. The second-order valence-electron chi connectivity index (χ2n) is 8.69. The number of hydrogen-bond acceptors (Lipinski definition) is 6. The Morgan fingerprint density at radius 2 is 1.84 bits per heavy atom. The van der Waals surface area contributed by atoms with Crippen LogP contribution in [0, 0.1) is 0 Å². The molecule has 9 heteroatoms. The van der Waals surface area contributed by atoms with Gasteiger partial charge in [0.05, 0.1) is 22.6 Å². The Labute approximate surface area is 190 Å². The first-order chi connectivity index (χ1) is 15.4. The first kappa shape index (κ1) is 21.7. The largest absolute Gasteiger partial charge is 0.416 e. The number of alkyl halides is 3. The Hall–Kier alpha value is -2.10. The molecule has 32 heavy (non-hydrogen) atoms. The maximum absolute atomic E-state index is 13.7. The van der Waals surface area contributed by atoms with Gasteiger partial charge in [-0.3, -0.25) is 0 Å². The molecule has 2 aromatic rings. The highest BCUT2D eigenvalue weighted by atomic mass is 32.2. The van der Waals surface area contributed by atoms with Crippen LogP contribution in [0.3, 0.4) is 0 Å². The SMILES string of the molecule is NCCN1CCC(Nc2cc(C(F)(F)F)cc3c2Nc2ccc(N4CCC4)cc2S3)CC1. The maximum Gasteiger partial charge on any atom is 0.416 e. The second-order valence-corrected chi connectivity index (χ2v) is 9.78. The van der Waals surface area contributed by atoms with E-state index in [0.717, 1.165) is 67.5 Å². The van der Waals surface area contributed by atoms with Gasteiger partial charge in [0.15, 0.2) is 0 Å². The molecule has 5 rings (SSSR count). The first-order valence-corrected chi connectivity index (χ1v) is 12.0. The second kappa shape index (κ2) is 8.68. The number of anilines is 4. The minimum Gasteiger partial charge on any atom is -0.380 e. The highest BCUT2D eigenvalue weighted by Crippen LogP contribution is 2.50. The van der Waals surface area contributed by atoms with Crippen molar-refractivity contribution in [3.8, 4) is 0 Å². The van der Waals surface area contributed by atoms with E-state index in [1.807, 2.05) is 6.07 Å². The average molecular weight is 464 g/mol. The standard InChI is InChI=1S/C23H28F3N5S/c24-23(25,26)15-12-19(28-16-4-9-30(10-5-16)11-6-27)22-21(13-15)32-20-14-17(31-7-1-8-31)2-3-18(20)29-22/h2-3,12-14,16,28-29H,1,4-11,27H2. The van der Waals surface area contributed by atoms with Crippen molar-refractivity contribution >= 4 is 34.5 Å². The summed E-state index contributed by atoms with van der Waals surface area (Å²) in [6.07, 6.45) is -1.45. The fraction of sp³-hybridized carbons (Fsp3) is 0.478. The summed E-state index contributed by atoms with van der Waals surface area (Å²) in [6, 6.07) is 8.85. The topological polar surface area (TPSA) is 56.6 Å². The van der Waals surface area contributed by atoms with E-state index in [-0.39, 0.29) is 6.04 Å². The Morgan fingerprint density at radius 3 is 2.50 bits per heavy atom. The van der Waals surface area contributed by atoms with Crippen molar-refractivity contribution in [1.29, 1.82) is 0 Å². The van der Waals surface area contributed by atoms with Crippen LogP contribution in [0.25, 0.3) is 0 Å². The zero-order valence-electron chi connectivity index (χ0n) is 17.8. The van der Waals surface area contributed by atoms with Crippen LogP contribution in [0.5, 0.6) is 0 Å². The molecule has 0 spiro atoms. The Morgan fingerprint density at radius 1 is 1.06 bits per heavy atom. The number of nitrogens with one attached hydrogen (secondary N) is 2. The van der Waals surface area contributed by atoms with Crippen molar-refractivity contribution in [1.82, 2.24) is 4.90 Å². The molecule has 0 saturated carbocycles.